The van der Waals surface area contributed by atoms with Crippen molar-refractivity contribution >= 4 is 5.91 Å². The first-order chi connectivity index (χ1) is 13.5. The SMILES string of the molecule is COc1ccc(C)cc1CN1CCN(C(C)C(=O)NC2CCCCC2C)CC1. The zero-order valence-corrected chi connectivity index (χ0v) is 18.0. The van der Waals surface area contributed by atoms with Gasteiger partial charge in [-0.05, 0) is 38.7 Å². The number of nitrogens with one attached hydrogen (secondary N) is 1. The van der Waals surface area contributed by atoms with Gasteiger partial charge in [0.2, 0.25) is 5.91 Å². The first kappa shape index (κ1) is 21.1. The molecule has 1 amide bonds. The summed E-state index contributed by atoms with van der Waals surface area (Å²) in [6, 6.07) is 6.67. The molecule has 5 heteroatoms. The molecule has 1 saturated heterocycles. The fraction of sp³-hybridized carbons (Fsp3) is 0.696. The highest BCUT2D eigenvalue weighted by Gasteiger charge is 2.29. The predicted octanol–water partition coefficient (Wildman–Crippen LogP) is 3.20. The van der Waals surface area contributed by atoms with Crippen molar-refractivity contribution in [3.8, 4) is 5.75 Å². The van der Waals surface area contributed by atoms with Crippen LogP contribution in [0.3, 0.4) is 0 Å². The van der Waals surface area contributed by atoms with E-state index in [2.05, 4.69) is 54.1 Å². The van der Waals surface area contributed by atoms with Crippen molar-refractivity contribution in [3.63, 3.8) is 0 Å². The van der Waals surface area contributed by atoms with Gasteiger partial charge in [0.1, 0.15) is 5.75 Å². The molecule has 1 saturated carbocycles. The number of amides is 1. The zero-order valence-electron chi connectivity index (χ0n) is 18.0. The Morgan fingerprint density at radius 2 is 1.93 bits per heavy atom. The van der Waals surface area contributed by atoms with E-state index in [0.717, 1.165) is 44.9 Å². The second kappa shape index (κ2) is 9.75. The largest absolute Gasteiger partial charge is 0.496 e. The lowest BCUT2D eigenvalue weighted by atomic mass is 9.86. The fourth-order valence-electron chi connectivity index (χ4n) is 4.58. The standard InChI is InChI=1S/C23H37N3O2/c1-17-9-10-22(28-4)20(15-17)16-25-11-13-26(14-12-25)19(3)23(27)24-21-8-6-5-7-18(21)2/h9-10,15,18-19,21H,5-8,11-14,16H2,1-4H3,(H,24,27). The average Bonchev–Trinajstić information content (AvgIpc) is 2.70. The number of hydrogen-bond acceptors (Lipinski definition) is 4. The third-order valence-electron chi connectivity index (χ3n) is 6.60. The number of rotatable bonds is 6. The number of carbonyl (C=O) groups is 1. The molecule has 156 valence electrons. The van der Waals surface area contributed by atoms with Crippen LogP contribution >= 0.6 is 0 Å². The molecule has 3 rings (SSSR count). The third kappa shape index (κ3) is 5.26. The van der Waals surface area contributed by atoms with E-state index in [-0.39, 0.29) is 11.9 Å². The number of benzene rings is 1. The third-order valence-corrected chi connectivity index (χ3v) is 6.60. The first-order valence-corrected chi connectivity index (χ1v) is 10.9. The van der Waals surface area contributed by atoms with Gasteiger partial charge in [-0.2, -0.15) is 0 Å². The van der Waals surface area contributed by atoms with Gasteiger partial charge in [-0.1, -0.05) is 37.5 Å². The Bertz CT molecular complexity index is 655. The van der Waals surface area contributed by atoms with Crippen molar-refractivity contribution in [1.82, 2.24) is 15.1 Å². The summed E-state index contributed by atoms with van der Waals surface area (Å²) >= 11 is 0. The Labute approximate surface area is 170 Å². The minimum absolute atomic E-state index is 0.0511. The van der Waals surface area contributed by atoms with Crippen LogP contribution in [0.4, 0.5) is 0 Å². The highest BCUT2D eigenvalue weighted by molar-refractivity contribution is 5.81. The summed E-state index contributed by atoms with van der Waals surface area (Å²) in [5.74, 6) is 1.76. The lowest BCUT2D eigenvalue weighted by molar-refractivity contribution is -0.127. The first-order valence-electron chi connectivity index (χ1n) is 10.9. The number of ether oxygens (including phenoxy) is 1. The van der Waals surface area contributed by atoms with E-state index >= 15 is 0 Å². The molecule has 2 fully saturated rings. The van der Waals surface area contributed by atoms with Crippen LogP contribution < -0.4 is 10.1 Å². The normalized spacial score (nSPS) is 25.3. The number of nitrogens with zero attached hydrogens (tertiary/aromatic N) is 2. The molecule has 0 radical (unpaired) electrons. The fourth-order valence-corrected chi connectivity index (χ4v) is 4.58. The molecule has 2 aliphatic rings. The van der Waals surface area contributed by atoms with E-state index in [4.69, 9.17) is 4.74 Å². The van der Waals surface area contributed by atoms with Crippen LogP contribution in [0.15, 0.2) is 18.2 Å². The van der Waals surface area contributed by atoms with Gasteiger partial charge in [-0.3, -0.25) is 14.6 Å². The van der Waals surface area contributed by atoms with Gasteiger partial charge in [-0.25, -0.2) is 0 Å². The van der Waals surface area contributed by atoms with Crippen LogP contribution in [0.5, 0.6) is 5.75 Å². The van der Waals surface area contributed by atoms with E-state index in [9.17, 15) is 4.79 Å². The Kier molecular flexibility index (Phi) is 7.36. The van der Waals surface area contributed by atoms with Crippen molar-refractivity contribution in [3.05, 3.63) is 29.3 Å². The van der Waals surface area contributed by atoms with E-state index in [1.54, 1.807) is 7.11 Å². The van der Waals surface area contributed by atoms with Crippen LogP contribution in [0.2, 0.25) is 0 Å². The summed E-state index contributed by atoms with van der Waals surface area (Å²) in [7, 11) is 1.74. The highest BCUT2D eigenvalue weighted by Crippen LogP contribution is 2.24. The van der Waals surface area contributed by atoms with Crippen LogP contribution in [-0.2, 0) is 11.3 Å². The molecule has 1 aliphatic carbocycles. The van der Waals surface area contributed by atoms with Crippen LogP contribution in [0.25, 0.3) is 0 Å². The van der Waals surface area contributed by atoms with Crippen LogP contribution in [-0.4, -0.2) is 61.1 Å². The molecule has 3 unspecified atom stereocenters. The molecule has 5 nitrogen and oxygen atoms in total. The van der Waals surface area contributed by atoms with Crippen molar-refractivity contribution in [2.24, 2.45) is 5.92 Å². The monoisotopic (exact) mass is 387 g/mol. The summed E-state index contributed by atoms with van der Waals surface area (Å²) in [5.41, 5.74) is 2.50. The van der Waals surface area contributed by atoms with E-state index in [0.29, 0.717) is 12.0 Å². The molecular formula is C23H37N3O2. The topological polar surface area (TPSA) is 44.8 Å². The van der Waals surface area contributed by atoms with Crippen molar-refractivity contribution in [2.45, 2.75) is 65.1 Å². The molecule has 1 aromatic carbocycles. The Hall–Kier alpha value is -1.59. The van der Waals surface area contributed by atoms with Gasteiger partial charge < -0.3 is 10.1 Å². The summed E-state index contributed by atoms with van der Waals surface area (Å²) in [6.45, 7) is 11.2. The lowest BCUT2D eigenvalue weighted by Gasteiger charge is -2.38. The van der Waals surface area contributed by atoms with Gasteiger partial charge in [0.25, 0.3) is 0 Å². The minimum Gasteiger partial charge on any atom is -0.496 e. The Morgan fingerprint density at radius 1 is 1.21 bits per heavy atom. The van der Waals surface area contributed by atoms with Crippen molar-refractivity contribution in [1.29, 1.82) is 0 Å². The zero-order chi connectivity index (χ0) is 20.1. The summed E-state index contributed by atoms with van der Waals surface area (Å²) < 4.78 is 5.52. The molecule has 1 heterocycles. The summed E-state index contributed by atoms with van der Waals surface area (Å²) in [6.07, 6.45) is 4.91. The Morgan fingerprint density at radius 3 is 2.61 bits per heavy atom. The number of aryl methyl sites for hydroxylation is 1. The number of carbonyl (C=O) groups excluding carboxylic acids is 1. The predicted molar refractivity (Wildman–Crippen MR) is 114 cm³/mol. The summed E-state index contributed by atoms with van der Waals surface area (Å²) in [5, 5.41) is 3.33. The molecule has 1 aliphatic heterocycles. The van der Waals surface area contributed by atoms with E-state index in [1.165, 1.54) is 30.4 Å². The number of methoxy groups -OCH3 is 1. The second-order valence-electron chi connectivity index (χ2n) is 8.68. The Balaban J connectivity index is 1.49. The molecule has 28 heavy (non-hydrogen) atoms. The molecular weight excluding hydrogens is 350 g/mol. The number of hydrogen-bond donors (Lipinski definition) is 1. The van der Waals surface area contributed by atoms with Gasteiger partial charge in [0, 0.05) is 44.3 Å². The summed E-state index contributed by atoms with van der Waals surface area (Å²) in [4.78, 5) is 17.6. The number of piperazine rings is 1. The lowest BCUT2D eigenvalue weighted by Crippen LogP contribution is -2.55. The molecule has 3 atom stereocenters. The van der Waals surface area contributed by atoms with Gasteiger partial charge in [0.05, 0.1) is 13.2 Å². The molecule has 1 aromatic rings. The van der Waals surface area contributed by atoms with Gasteiger partial charge >= 0.3 is 0 Å². The van der Waals surface area contributed by atoms with Gasteiger partial charge in [-0.15, -0.1) is 0 Å². The van der Waals surface area contributed by atoms with E-state index in [1.807, 2.05) is 0 Å². The quantitative estimate of drug-likeness (QED) is 0.814. The van der Waals surface area contributed by atoms with Gasteiger partial charge in [0.15, 0.2) is 0 Å². The second-order valence-corrected chi connectivity index (χ2v) is 8.68. The molecule has 0 bridgehead atoms. The molecule has 0 spiro atoms. The van der Waals surface area contributed by atoms with Crippen LogP contribution in [0, 0.1) is 12.8 Å². The van der Waals surface area contributed by atoms with Crippen molar-refractivity contribution < 1.29 is 9.53 Å². The maximum absolute atomic E-state index is 12.8. The molecule has 0 aromatic heterocycles. The average molecular weight is 388 g/mol. The van der Waals surface area contributed by atoms with Crippen molar-refractivity contribution in [2.75, 3.05) is 33.3 Å². The highest BCUT2D eigenvalue weighted by atomic mass is 16.5. The smallest absolute Gasteiger partial charge is 0.237 e. The van der Waals surface area contributed by atoms with E-state index < -0.39 is 0 Å². The van der Waals surface area contributed by atoms with Crippen LogP contribution in [0.1, 0.15) is 50.7 Å². The minimum atomic E-state index is -0.0511. The molecule has 1 N–H and O–H groups in total. The maximum Gasteiger partial charge on any atom is 0.237 e. The maximum atomic E-state index is 12.8.